The van der Waals surface area contributed by atoms with Crippen molar-refractivity contribution >= 4 is 34.3 Å². The lowest BCUT2D eigenvalue weighted by molar-refractivity contribution is -0.114. The first-order valence-corrected chi connectivity index (χ1v) is 8.91. The lowest BCUT2D eigenvalue weighted by atomic mass is 10.2. The Hall–Kier alpha value is -3.49. The number of ether oxygens (including phenoxy) is 1. The summed E-state index contributed by atoms with van der Waals surface area (Å²) in [5.74, 6) is -2.27. The zero-order chi connectivity index (χ0) is 21.1. The number of halogens is 2. The Kier molecular flexibility index (Phi) is 5.76. The summed E-state index contributed by atoms with van der Waals surface area (Å²) in [6, 6.07) is 4.97. The minimum Gasteiger partial charge on any atom is -0.464 e. The molecule has 0 aliphatic rings. The summed E-state index contributed by atoms with van der Waals surface area (Å²) in [6.45, 7) is 3.78. The quantitative estimate of drug-likeness (QED) is 0.615. The summed E-state index contributed by atoms with van der Waals surface area (Å²) in [7, 11) is 1.26. The van der Waals surface area contributed by atoms with Gasteiger partial charge >= 0.3 is 5.97 Å². The van der Waals surface area contributed by atoms with E-state index in [-0.39, 0.29) is 18.1 Å². The SMILES string of the molecule is CCn1c(C(=O)OC)c(NC(C)=O)c2cc(NCc3cc(F)cc(F)c3)cnc21. The molecule has 2 aromatic heterocycles. The van der Waals surface area contributed by atoms with Gasteiger partial charge in [0.05, 0.1) is 24.7 Å². The van der Waals surface area contributed by atoms with Crippen molar-refractivity contribution in [2.45, 2.75) is 26.9 Å². The van der Waals surface area contributed by atoms with Gasteiger partial charge in [-0.3, -0.25) is 4.79 Å². The van der Waals surface area contributed by atoms with Crippen LogP contribution in [-0.2, 0) is 22.6 Å². The highest BCUT2D eigenvalue weighted by molar-refractivity contribution is 6.10. The van der Waals surface area contributed by atoms with Gasteiger partial charge < -0.3 is 19.9 Å². The number of carbonyl (C=O) groups excluding carboxylic acids is 2. The number of aromatic nitrogens is 2. The standard InChI is InChI=1S/C20H20F2N4O3/c1-4-26-18(20(28)29-3)17(25-11(2)27)16-8-15(10-24-19(16)26)23-9-12-5-13(21)7-14(22)6-12/h5-8,10,23H,4,9H2,1-3H3,(H,25,27). The topological polar surface area (TPSA) is 85.2 Å². The fourth-order valence-electron chi connectivity index (χ4n) is 3.16. The van der Waals surface area contributed by atoms with E-state index in [0.717, 1.165) is 6.07 Å². The largest absolute Gasteiger partial charge is 0.464 e. The Bertz CT molecular complexity index is 1070. The third-order valence-electron chi connectivity index (χ3n) is 4.31. The second-order valence-corrected chi connectivity index (χ2v) is 6.37. The second kappa shape index (κ2) is 8.26. The van der Waals surface area contributed by atoms with Crippen molar-refractivity contribution in [1.29, 1.82) is 0 Å². The average molecular weight is 402 g/mol. The number of benzene rings is 1. The molecular weight excluding hydrogens is 382 g/mol. The van der Waals surface area contributed by atoms with Crippen molar-refractivity contribution in [1.82, 2.24) is 9.55 Å². The van der Waals surface area contributed by atoms with Gasteiger partial charge in [-0.1, -0.05) is 0 Å². The number of carbonyl (C=O) groups is 2. The highest BCUT2D eigenvalue weighted by Gasteiger charge is 2.24. The van der Waals surface area contributed by atoms with Crippen LogP contribution in [0, 0.1) is 11.6 Å². The van der Waals surface area contributed by atoms with Gasteiger partial charge in [-0.05, 0) is 30.7 Å². The molecule has 0 unspecified atom stereocenters. The van der Waals surface area contributed by atoms with E-state index in [1.165, 1.54) is 26.2 Å². The molecule has 0 saturated carbocycles. The van der Waals surface area contributed by atoms with E-state index in [0.29, 0.717) is 34.5 Å². The first-order valence-electron chi connectivity index (χ1n) is 8.91. The van der Waals surface area contributed by atoms with Crippen LogP contribution in [0.5, 0.6) is 0 Å². The van der Waals surface area contributed by atoms with Gasteiger partial charge in [0, 0.05) is 31.5 Å². The number of hydrogen-bond acceptors (Lipinski definition) is 5. The Balaban J connectivity index is 2.03. The van der Waals surface area contributed by atoms with Crippen LogP contribution >= 0.6 is 0 Å². The van der Waals surface area contributed by atoms with Crippen molar-refractivity contribution in [2.24, 2.45) is 0 Å². The predicted molar refractivity (Wildman–Crippen MR) is 105 cm³/mol. The molecule has 2 N–H and O–H groups in total. The number of nitrogens with one attached hydrogen (secondary N) is 2. The molecule has 1 amide bonds. The summed E-state index contributed by atoms with van der Waals surface area (Å²) in [6.07, 6.45) is 1.54. The minimum absolute atomic E-state index is 0.162. The number of hydrogen-bond donors (Lipinski definition) is 2. The highest BCUT2D eigenvalue weighted by Crippen LogP contribution is 2.32. The summed E-state index contributed by atoms with van der Waals surface area (Å²) in [5.41, 5.74) is 1.97. The van der Waals surface area contributed by atoms with Crippen molar-refractivity contribution in [3.05, 3.63) is 53.4 Å². The predicted octanol–water partition coefficient (Wildman–Crippen LogP) is 3.69. The van der Waals surface area contributed by atoms with Crippen LogP contribution in [0.4, 0.5) is 20.2 Å². The molecule has 0 aliphatic heterocycles. The van der Waals surface area contributed by atoms with Gasteiger partial charge in [-0.25, -0.2) is 18.6 Å². The molecular formula is C20H20F2N4O3. The van der Waals surface area contributed by atoms with Gasteiger partial charge in [0.25, 0.3) is 0 Å². The number of methoxy groups -OCH3 is 1. The van der Waals surface area contributed by atoms with Crippen LogP contribution in [0.25, 0.3) is 11.0 Å². The maximum Gasteiger partial charge on any atom is 0.356 e. The van der Waals surface area contributed by atoms with Crippen LogP contribution in [0.2, 0.25) is 0 Å². The lowest BCUT2D eigenvalue weighted by Crippen LogP contribution is -2.14. The van der Waals surface area contributed by atoms with Gasteiger partial charge in [0.15, 0.2) is 5.69 Å². The maximum absolute atomic E-state index is 13.4. The summed E-state index contributed by atoms with van der Waals surface area (Å²) in [5, 5.41) is 6.26. The molecule has 1 aromatic carbocycles. The van der Waals surface area contributed by atoms with Crippen molar-refractivity contribution in [3.8, 4) is 0 Å². The molecule has 0 bridgehead atoms. The van der Waals surface area contributed by atoms with Gasteiger partial charge in [-0.2, -0.15) is 0 Å². The molecule has 0 spiro atoms. The smallest absolute Gasteiger partial charge is 0.356 e. The van der Waals surface area contributed by atoms with E-state index in [2.05, 4.69) is 15.6 Å². The van der Waals surface area contributed by atoms with Crippen molar-refractivity contribution in [3.63, 3.8) is 0 Å². The molecule has 29 heavy (non-hydrogen) atoms. The van der Waals surface area contributed by atoms with E-state index in [1.807, 2.05) is 6.92 Å². The maximum atomic E-state index is 13.4. The third kappa shape index (κ3) is 4.18. The number of nitrogens with zero attached hydrogens (tertiary/aromatic N) is 2. The van der Waals surface area contributed by atoms with E-state index in [4.69, 9.17) is 4.74 Å². The average Bonchev–Trinajstić information content (AvgIpc) is 2.97. The van der Waals surface area contributed by atoms with Crippen LogP contribution in [0.3, 0.4) is 0 Å². The zero-order valence-electron chi connectivity index (χ0n) is 16.2. The van der Waals surface area contributed by atoms with Crippen LogP contribution < -0.4 is 10.6 Å². The van der Waals surface area contributed by atoms with Crippen molar-refractivity contribution in [2.75, 3.05) is 17.7 Å². The monoisotopic (exact) mass is 402 g/mol. The Labute approximate surface area is 165 Å². The molecule has 2 heterocycles. The highest BCUT2D eigenvalue weighted by atomic mass is 19.1. The zero-order valence-corrected chi connectivity index (χ0v) is 16.2. The first kappa shape index (κ1) is 20.2. The summed E-state index contributed by atoms with van der Waals surface area (Å²) < 4.78 is 33.2. The summed E-state index contributed by atoms with van der Waals surface area (Å²) >= 11 is 0. The molecule has 3 rings (SSSR count). The van der Waals surface area contributed by atoms with E-state index in [1.54, 1.807) is 16.8 Å². The van der Waals surface area contributed by atoms with Gasteiger partial charge in [0.2, 0.25) is 5.91 Å². The summed E-state index contributed by atoms with van der Waals surface area (Å²) in [4.78, 5) is 28.4. The fourth-order valence-corrected chi connectivity index (χ4v) is 3.16. The number of aryl methyl sites for hydroxylation is 1. The second-order valence-electron chi connectivity index (χ2n) is 6.37. The molecule has 0 radical (unpaired) electrons. The number of pyridine rings is 1. The minimum atomic E-state index is -0.661. The van der Waals surface area contributed by atoms with Crippen LogP contribution in [-0.4, -0.2) is 28.5 Å². The number of amides is 1. The molecule has 152 valence electrons. The molecule has 7 nitrogen and oxygen atoms in total. The third-order valence-corrected chi connectivity index (χ3v) is 4.31. The van der Waals surface area contributed by atoms with Crippen LogP contribution in [0.15, 0.2) is 30.5 Å². The van der Waals surface area contributed by atoms with Crippen LogP contribution in [0.1, 0.15) is 29.9 Å². The number of esters is 1. The normalized spacial score (nSPS) is 10.8. The Morgan fingerprint density at radius 1 is 1.17 bits per heavy atom. The molecule has 0 saturated heterocycles. The molecule has 0 fully saturated rings. The Morgan fingerprint density at radius 3 is 2.45 bits per heavy atom. The number of anilines is 2. The fraction of sp³-hybridized carbons (Fsp3) is 0.250. The number of fused-ring (bicyclic) bond motifs is 1. The number of rotatable bonds is 6. The molecule has 0 aliphatic carbocycles. The molecule has 0 atom stereocenters. The molecule has 9 heteroatoms. The van der Waals surface area contributed by atoms with Gasteiger partial charge in [-0.15, -0.1) is 0 Å². The lowest BCUT2D eigenvalue weighted by Gasteiger charge is -2.08. The van der Waals surface area contributed by atoms with Gasteiger partial charge in [0.1, 0.15) is 17.3 Å². The van der Waals surface area contributed by atoms with Crippen molar-refractivity contribution < 1.29 is 23.1 Å². The first-order chi connectivity index (χ1) is 13.8. The van der Waals surface area contributed by atoms with E-state index in [9.17, 15) is 18.4 Å². The molecule has 3 aromatic rings. The van der Waals surface area contributed by atoms with E-state index >= 15 is 0 Å². The van der Waals surface area contributed by atoms with E-state index < -0.39 is 17.6 Å². The Morgan fingerprint density at radius 2 is 1.86 bits per heavy atom.